The molecular formula is C18H13Cl2IN2O3S. The molecule has 0 aromatic heterocycles. The van der Waals surface area contributed by atoms with Crippen molar-refractivity contribution in [2.45, 2.75) is 6.61 Å². The summed E-state index contributed by atoms with van der Waals surface area (Å²) in [6.45, 7) is 0.262. The lowest BCUT2D eigenvalue weighted by atomic mass is 10.2. The first-order valence-electron chi connectivity index (χ1n) is 7.61. The van der Waals surface area contributed by atoms with Gasteiger partial charge < -0.3 is 14.8 Å². The maximum Gasteiger partial charge on any atom is 0.264 e. The second-order valence-electron chi connectivity index (χ2n) is 5.45. The van der Waals surface area contributed by atoms with E-state index in [1.807, 2.05) is 12.1 Å². The Morgan fingerprint density at radius 1 is 1.30 bits per heavy atom. The van der Waals surface area contributed by atoms with E-state index in [4.69, 9.17) is 38.1 Å². The van der Waals surface area contributed by atoms with Crippen LogP contribution in [0.2, 0.25) is 10.0 Å². The van der Waals surface area contributed by atoms with Crippen LogP contribution in [0.1, 0.15) is 11.1 Å². The van der Waals surface area contributed by atoms with Crippen molar-refractivity contribution >= 4 is 74.7 Å². The van der Waals surface area contributed by atoms with Crippen LogP contribution in [0.4, 0.5) is 0 Å². The second-order valence-corrected chi connectivity index (χ2v) is 8.51. The van der Waals surface area contributed by atoms with Gasteiger partial charge in [-0.05, 0) is 70.3 Å². The van der Waals surface area contributed by atoms with Gasteiger partial charge in [0, 0.05) is 15.6 Å². The van der Waals surface area contributed by atoms with Crippen LogP contribution < -0.4 is 14.8 Å². The molecule has 27 heavy (non-hydrogen) atoms. The molecule has 0 bridgehead atoms. The lowest BCUT2D eigenvalue weighted by molar-refractivity contribution is -0.115. The summed E-state index contributed by atoms with van der Waals surface area (Å²) in [5.74, 6) is 0.844. The molecule has 1 amide bonds. The lowest BCUT2D eigenvalue weighted by Gasteiger charge is -2.14. The van der Waals surface area contributed by atoms with Crippen molar-refractivity contribution in [1.29, 1.82) is 5.41 Å². The van der Waals surface area contributed by atoms with E-state index in [9.17, 15) is 4.79 Å². The third-order valence-electron chi connectivity index (χ3n) is 3.60. The minimum absolute atomic E-state index is 0.118. The highest BCUT2D eigenvalue weighted by Crippen LogP contribution is 2.36. The molecule has 0 atom stereocenters. The van der Waals surface area contributed by atoms with Crippen molar-refractivity contribution in [2.24, 2.45) is 0 Å². The molecule has 1 fully saturated rings. The average molecular weight is 535 g/mol. The first-order valence-corrected chi connectivity index (χ1v) is 10.3. The number of halogens is 3. The number of hydrogen-bond donors (Lipinski definition) is 2. The minimum atomic E-state index is -0.281. The Morgan fingerprint density at radius 2 is 2.07 bits per heavy atom. The minimum Gasteiger partial charge on any atom is -0.493 e. The fraction of sp³-hybridized carbons (Fsp3) is 0.111. The molecule has 9 heteroatoms. The number of carbonyl (C=O) groups is 1. The quantitative estimate of drug-likeness (QED) is 0.402. The van der Waals surface area contributed by atoms with Gasteiger partial charge in [-0.1, -0.05) is 29.3 Å². The van der Waals surface area contributed by atoms with Crippen LogP contribution in [-0.2, 0) is 11.4 Å². The number of rotatable bonds is 5. The second kappa shape index (κ2) is 8.72. The lowest BCUT2D eigenvalue weighted by Crippen LogP contribution is -2.18. The normalized spacial score (nSPS) is 15.2. The van der Waals surface area contributed by atoms with Gasteiger partial charge in [0.1, 0.15) is 6.61 Å². The van der Waals surface area contributed by atoms with Crippen LogP contribution >= 0.6 is 57.6 Å². The third-order valence-corrected chi connectivity index (χ3v) is 5.82. The van der Waals surface area contributed by atoms with E-state index in [0.29, 0.717) is 26.4 Å². The summed E-state index contributed by atoms with van der Waals surface area (Å²) in [6, 6.07) is 8.90. The Morgan fingerprint density at radius 3 is 2.70 bits per heavy atom. The van der Waals surface area contributed by atoms with Crippen molar-refractivity contribution < 1.29 is 14.3 Å². The zero-order chi connectivity index (χ0) is 19.6. The third kappa shape index (κ3) is 4.90. The fourth-order valence-electron chi connectivity index (χ4n) is 2.34. The van der Waals surface area contributed by atoms with E-state index in [0.717, 1.165) is 26.5 Å². The predicted octanol–water partition coefficient (Wildman–Crippen LogP) is 5.32. The van der Waals surface area contributed by atoms with Crippen LogP contribution in [0, 0.1) is 8.98 Å². The number of amidine groups is 1. The topological polar surface area (TPSA) is 71.4 Å². The Bertz CT molecular complexity index is 966. The van der Waals surface area contributed by atoms with Gasteiger partial charge in [-0.25, -0.2) is 0 Å². The van der Waals surface area contributed by atoms with E-state index < -0.39 is 0 Å². The summed E-state index contributed by atoms with van der Waals surface area (Å²) in [5.41, 5.74) is 1.59. The molecule has 0 saturated carbocycles. The summed E-state index contributed by atoms with van der Waals surface area (Å²) in [7, 11) is 1.55. The van der Waals surface area contributed by atoms with Crippen molar-refractivity contribution in [2.75, 3.05) is 7.11 Å². The standard InChI is InChI=1S/C18H13Cl2IN2O3S/c1-25-14-5-9(6-15-17(24)23-18(22)27-15)4-13(21)16(14)26-8-10-2-3-11(19)7-12(10)20/h2-7H,8H2,1H3,(H2,22,23,24). The van der Waals surface area contributed by atoms with Gasteiger partial charge in [-0.15, -0.1) is 0 Å². The van der Waals surface area contributed by atoms with Gasteiger partial charge in [0.25, 0.3) is 5.91 Å². The Hall–Kier alpha value is -1.42. The van der Waals surface area contributed by atoms with Crippen LogP contribution in [-0.4, -0.2) is 18.2 Å². The SMILES string of the molecule is COc1cc(C=C2SC(=N)NC2=O)cc(I)c1OCc1ccc(Cl)cc1Cl. The van der Waals surface area contributed by atoms with Crippen molar-refractivity contribution in [3.05, 3.63) is 60.0 Å². The Balaban J connectivity index is 1.85. The highest BCUT2D eigenvalue weighted by Gasteiger charge is 2.22. The number of ether oxygens (including phenoxy) is 2. The number of methoxy groups -OCH3 is 1. The predicted molar refractivity (Wildman–Crippen MR) is 118 cm³/mol. The average Bonchev–Trinajstić information content (AvgIpc) is 2.92. The molecular weight excluding hydrogens is 522 g/mol. The Kier molecular flexibility index (Phi) is 6.56. The molecule has 0 aliphatic carbocycles. The molecule has 140 valence electrons. The molecule has 3 rings (SSSR count). The van der Waals surface area contributed by atoms with E-state index in [1.54, 1.807) is 31.4 Å². The maximum absolute atomic E-state index is 11.8. The number of thioether (sulfide) groups is 1. The van der Waals surface area contributed by atoms with Crippen LogP contribution in [0.5, 0.6) is 11.5 Å². The Labute approximate surface area is 184 Å². The summed E-state index contributed by atoms with van der Waals surface area (Å²) in [4.78, 5) is 12.2. The molecule has 5 nitrogen and oxygen atoms in total. The molecule has 2 aromatic carbocycles. The number of hydrogen-bond acceptors (Lipinski definition) is 5. The molecule has 0 spiro atoms. The maximum atomic E-state index is 11.8. The monoisotopic (exact) mass is 534 g/mol. The number of nitrogens with one attached hydrogen (secondary N) is 2. The summed E-state index contributed by atoms with van der Waals surface area (Å²) < 4.78 is 12.2. The largest absolute Gasteiger partial charge is 0.493 e. The number of benzene rings is 2. The molecule has 1 aliphatic rings. The van der Waals surface area contributed by atoms with E-state index in [2.05, 4.69) is 27.9 Å². The fourth-order valence-corrected chi connectivity index (χ4v) is 4.29. The van der Waals surface area contributed by atoms with Crippen LogP contribution in [0.3, 0.4) is 0 Å². The van der Waals surface area contributed by atoms with E-state index >= 15 is 0 Å². The van der Waals surface area contributed by atoms with Gasteiger partial charge in [-0.2, -0.15) is 0 Å². The summed E-state index contributed by atoms with van der Waals surface area (Å²) in [5, 5.41) is 11.2. The number of carbonyl (C=O) groups excluding carboxylic acids is 1. The van der Waals surface area contributed by atoms with Crippen molar-refractivity contribution in [3.8, 4) is 11.5 Å². The van der Waals surface area contributed by atoms with Gasteiger partial charge in [0.15, 0.2) is 16.7 Å². The summed E-state index contributed by atoms with van der Waals surface area (Å²) >= 11 is 15.3. The first-order chi connectivity index (χ1) is 12.9. The molecule has 0 unspecified atom stereocenters. The van der Waals surface area contributed by atoms with Gasteiger partial charge in [0.2, 0.25) is 0 Å². The molecule has 1 aliphatic heterocycles. The van der Waals surface area contributed by atoms with Gasteiger partial charge in [0.05, 0.1) is 15.6 Å². The zero-order valence-electron chi connectivity index (χ0n) is 13.9. The molecule has 2 N–H and O–H groups in total. The molecule has 2 aromatic rings. The van der Waals surface area contributed by atoms with Gasteiger partial charge >= 0.3 is 0 Å². The van der Waals surface area contributed by atoms with Gasteiger partial charge in [-0.3, -0.25) is 10.2 Å². The van der Waals surface area contributed by atoms with E-state index in [1.165, 1.54) is 0 Å². The van der Waals surface area contributed by atoms with E-state index in [-0.39, 0.29) is 17.7 Å². The van der Waals surface area contributed by atoms with Crippen molar-refractivity contribution in [3.63, 3.8) is 0 Å². The summed E-state index contributed by atoms with van der Waals surface area (Å²) in [6.07, 6.45) is 1.71. The zero-order valence-corrected chi connectivity index (χ0v) is 18.4. The van der Waals surface area contributed by atoms with Crippen molar-refractivity contribution in [1.82, 2.24) is 5.32 Å². The number of amides is 1. The molecule has 1 heterocycles. The molecule has 1 saturated heterocycles. The highest BCUT2D eigenvalue weighted by molar-refractivity contribution is 14.1. The van der Waals surface area contributed by atoms with Crippen LogP contribution in [0.25, 0.3) is 6.08 Å². The highest BCUT2D eigenvalue weighted by atomic mass is 127. The van der Waals surface area contributed by atoms with Crippen LogP contribution in [0.15, 0.2) is 35.2 Å². The first kappa shape index (κ1) is 20.3. The smallest absolute Gasteiger partial charge is 0.264 e. The molecule has 0 radical (unpaired) electrons.